The molecule has 0 heterocycles. The van der Waals surface area contributed by atoms with Crippen LogP contribution >= 0.6 is 0 Å². The Balaban J connectivity index is 3.96. The molecule has 2 N–H and O–H groups in total. The molecular formula is C20H42O4S. The minimum Gasteiger partial charge on any atom is -0.392 e. The summed E-state index contributed by atoms with van der Waals surface area (Å²) in [7, 11) is -4.17. The first-order valence-electron chi connectivity index (χ1n) is 10.6. The van der Waals surface area contributed by atoms with Gasteiger partial charge in [0.25, 0.3) is 10.1 Å². The van der Waals surface area contributed by atoms with Crippen molar-refractivity contribution in [3.63, 3.8) is 0 Å². The van der Waals surface area contributed by atoms with Crippen molar-refractivity contribution in [3.8, 4) is 0 Å². The maximum Gasteiger partial charge on any atom is 0.270 e. The molecule has 0 rings (SSSR count). The number of rotatable bonds is 18. The van der Waals surface area contributed by atoms with Gasteiger partial charge in [0, 0.05) is 0 Å². The molecule has 4 nitrogen and oxygen atoms in total. The van der Waals surface area contributed by atoms with Crippen LogP contribution in [0.25, 0.3) is 0 Å². The van der Waals surface area contributed by atoms with E-state index in [-0.39, 0.29) is 0 Å². The van der Waals surface area contributed by atoms with E-state index in [1.54, 1.807) is 0 Å². The van der Waals surface area contributed by atoms with Crippen LogP contribution in [0.4, 0.5) is 0 Å². The fourth-order valence-electron chi connectivity index (χ4n) is 3.34. The molecule has 0 aliphatic rings. The zero-order valence-corrected chi connectivity index (χ0v) is 17.4. The van der Waals surface area contributed by atoms with Crippen molar-refractivity contribution in [1.29, 1.82) is 0 Å². The van der Waals surface area contributed by atoms with Gasteiger partial charge < -0.3 is 5.11 Å². The molecule has 0 aromatic carbocycles. The highest BCUT2D eigenvalue weighted by atomic mass is 32.2. The Kier molecular flexibility index (Phi) is 16.0. The Morgan fingerprint density at radius 3 is 1.40 bits per heavy atom. The molecule has 0 aliphatic carbocycles. The molecule has 25 heavy (non-hydrogen) atoms. The van der Waals surface area contributed by atoms with Crippen LogP contribution in [0.2, 0.25) is 0 Å². The molecule has 2 unspecified atom stereocenters. The Morgan fingerprint density at radius 2 is 1.00 bits per heavy atom. The van der Waals surface area contributed by atoms with Crippen LogP contribution in [0, 0.1) is 0 Å². The Labute approximate surface area is 156 Å². The Morgan fingerprint density at radius 1 is 0.640 bits per heavy atom. The van der Waals surface area contributed by atoms with Gasteiger partial charge in [0.05, 0.1) is 6.10 Å². The average Bonchev–Trinajstić information content (AvgIpc) is 2.55. The lowest BCUT2D eigenvalue weighted by atomic mass is 10.0. The second-order valence-electron chi connectivity index (χ2n) is 7.44. The number of hydrogen-bond donors (Lipinski definition) is 2. The molecule has 5 heteroatoms. The van der Waals surface area contributed by atoms with E-state index in [2.05, 4.69) is 13.8 Å². The summed E-state index contributed by atoms with van der Waals surface area (Å²) in [6, 6.07) is 0. The summed E-state index contributed by atoms with van der Waals surface area (Å²) in [6.45, 7) is 4.37. The van der Waals surface area contributed by atoms with E-state index in [1.165, 1.54) is 51.4 Å². The fraction of sp³-hybridized carbons (Fsp3) is 1.00. The standard InChI is InChI=1S/C20H42O4S/c1-3-5-7-9-11-12-14-16-18-20(25(22,23)24)19(21)17-15-13-10-8-6-4-2/h19-21H,3-18H2,1-2H3,(H,22,23,24). The predicted molar refractivity (Wildman–Crippen MR) is 107 cm³/mol. The van der Waals surface area contributed by atoms with Gasteiger partial charge in [-0.25, -0.2) is 0 Å². The van der Waals surface area contributed by atoms with Crippen molar-refractivity contribution in [2.75, 3.05) is 0 Å². The molecule has 2 atom stereocenters. The number of hydrogen-bond acceptors (Lipinski definition) is 3. The summed E-state index contributed by atoms with van der Waals surface area (Å²) in [5, 5.41) is 9.20. The van der Waals surface area contributed by atoms with E-state index in [4.69, 9.17) is 0 Å². The normalized spacial score (nSPS) is 14.6. The first-order valence-corrected chi connectivity index (χ1v) is 12.1. The van der Waals surface area contributed by atoms with Crippen LogP contribution in [0.1, 0.15) is 117 Å². The third kappa shape index (κ3) is 14.7. The molecule has 0 fully saturated rings. The van der Waals surface area contributed by atoms with Gasteiger partial charge in [-0.3, -0.25) is 4.55 Å². The third-order valence-corrected chi connectivity index (χ3v) is 6.32. The molecule has 0 saturated heterocycles. The zero-order chi connectivity index (χ0) is 19.0. The minimum atomic E-state index is -4.17. The molecule has 0 radical (unpaired) electrons. The summed E-state index contributed by atoms with van der Waals surface area (Å²) in [5.74, 6) is 0. The van der Waals surface area contributed by atoms with E-state index < -0.39 is 21.5 Å². The van der Waals surface area contributed by atoms with Gasteiger partial charge in [-0.05, 0) is 12.8 Å². The summed E-state index contributed by atoms with van der Waals surface area (Å²) in [5.41, 5.74) is 0. The van der Waals surface area contributed by atoms with E-state index in [0.29, 0.717) is 12.8 Å². The average molecular weight is 379 g/mol. The fourth-order valence-corrected chi connectivity index (χ4v) is 4.34. The van der Waals surface area contributed by atoms with Gasteiger partial charge in [0.2, 0.25) is 0 Å². The highest BCUT2D eigenvalue weighted by Crippen LogP contribution is 2.20. The van der Waals surface area contributed by atoms with Crippen LogP contribution in [-0.2, 0) is 10.1 Å². The highest BCUT2D eigenvalue weighted by Gasteiger charge is 2.29. The van der Waals surface area contributed by atoms with Crippen LogP contribution in [0.15, 0.2) is 0 Å². The predicted octanol–water partition coefficient (Wildman–Crippen LogP) is 5.89. The largest absolute Gasteiger partial charge is 0.392 e. The molecule has 0 aromatic heterocycles. The number of aliphatic hydroxyl groups is 1. The van der Waals surface area contributed by atoms with Crippen LogP contribution in [0.5, 0.6) is 0 Å². The molecule has 0 aromatic rings. The molecule has 0 amide bonds. The Hall–Kier alpha value is -0.130. The van der Waals surface area contributed by atoms with Gasteiger partial charge in [-0.2, -0.15) is 8.42 Å². The molecule has 0 spiro atoms. The Bertz CT molecular complexity index is 381. The van der Waals surface area contributed by atoms with Crippen molar-refractivity contribution in [2.45, 2.75) is 128 Å². The van der Waals surface area contributed by atoms with Crippen LogP contribution in [0.3, 0.4) is 0 Å². The van der Waals surface area contributed by atoms with Gasteiger partial charge >= 0.3 is 0 Å². The lowest BCUT2D eigenvalue weighted by molar-refractivity contribution is 0.146. The number of aliphatic hydroxyl groups excluding tert-OH is 1. The molecule has 0 bridgehead atoms. The lowest BCUT2D eigenvalue weighted by Crippen LogP contribution is -2.33. The maximum absolute atomic E-state index is 11.6. The monoisotopic (exact) mass is 378 g/mol. The SMILES string of the molecule is CCCCCCCCCCC(C(O)CCCCCCCC)S(=O)(=O)O. The van der Waals surface area contributed by atoms with Crippen molar-refractivity contribution in [3.05, 3.63) is 0 Å². The molecule has 0 aliphatic heterocycles. The van der Waals surface area contributed by atoms with Crippen molar-refractivity contribution < 1.29 is 18.1 Å². The van der Waals surface area contributed by atoms with Crippen LogP contribution < -0.4 is 0 Å². The first kappa shape index (κ1) is 24.9. The summed E-state index contributed by atoms with van der Waals surface area (Å²) in [6.07, 6.45) is 15.6. The van der Waals surface area contributed by atoms with Gasteiger partial charge in [-0.15, -0.1) is 0 Å². The molecule has 152 valence electrons. The van der Waals surface area contributed by atoms with Crippen molar-refractivity contribution in [2.24, 2.45) is 0 Å². The summed E-state index contributed by atoms with van der Waals surface area (Å²) in [4.78, 5) is 0. The lowest BCUT2D eigenvalue weighted by Gasteiger charge is -2.20. The topological polar surface area (TPSA) is 74.6 Å². The van der Waals surface area contributed by atoms with E-state index in [9.17, 15) is 18.1 Å². The smallest absolute Gasteiger partial charge is 0.270 e. The quantitative estimate of drug-likeness (QED) is 0.230. The minimum absolute atomic E-state index is 0.366. The zero-order valence-electron chi connectivity index (χ0n) is 16.6. The second kappa shape index (κ2) is 16.1. The first-order chi connectivity index (χ1) is 11.9. The molecule has 0 saturated carbocycles. The van der Waals surface area contributed by atoms with Crippen LogP contribution in [-0.4, -0.2) is 29.4 Å². The third-order valence-electron chi connectivity index (χ3n) is 5.01. The maximum atomic E-state index is 11.6. The van der Waals surface area contributed by atoms with Gasteiger partial charge in [0.15, 0.2) is 0 Å². The number of unbranched alkanes of at least 4 members (excludes halogenated alkanes) is 12. The van der Waals surface area contributed by atoms with Crippen molar-refractivity contribution >= 4 is 10.1 Å². The highest BCUT2D eigenvalue weighted by molar-refractivity contribution is 7.86. The summed E-state index contributed by atoms with van der Waals surface area (Å²) < 4.78 is 32.6. The van der Waals surface area contributed by atoms with E-state index in [1.807, 2.05) is 0 Å². The molecular weight excluding hydrogens is 336 g/mol. The van der Waals surface area contributed by atoms with E-state index in [0.717, 1.165) is 38.5 Å². The van der Waals surface area contributed by atoms with E-state index >= 15 is 0 Å². The van der Waals surface area contributed by atoms with Gasteiger partial charge in [-0.1, -0.05) is 104 Å². The second-order valence-corrected chi connectivity index (χ2v) is 9.08. The van der Waals surface area contributed by atoms with Crippen molar-refractivity contribution in [1.82, 2.24) is 0 Å². The van der Waals surface area contributed by atoms with Gasteiger partial charge in [0.1, 0.15) is 5.25 Å². The summed E-state index contributed by atoms with van der Waals surface area (Å²) >= 11 is 0.